The van der Waals surface area contributed by atoms with E-state index in [1.165, 1.54) is 121 Å². The standard InChI is InChI=1S/C43H60O2/c1-40(2,3)39(36-24-44-36)45-38-35(42-18-28-9-29(19-42)11-30(10-28)20-42)5-4-34(41-15-25-6-26(16-41)8-27(7-25)17-41)37(38)43-21-31-12-32(22-43)14-33(13-31)23-43/h4-5,25-33,36,39H,6-24H2,1-3H3. The third-order valence-electron chi connectivity index (χ3n) is 16.7. The van der Waals surface area contributed by atoms with Gasteiger partial charge in [-0.05, 0) is 185 Å². The van der Waals surface area contributed by atoms with E-state index < -0.39 is 0 Å². The van der Waals surface area contributed by atoms with E-state index in [0.29, 0.717) is 16.2 Å². The van der Waals surface area contributed by atoms with Gasteiger partial charge in [0.2, 0.25) is 0 Å². The minimum atomic E-state index is 0.0648. The van der Waals surface area contributed by atoms with E-state index in [1.54, 1.807) is 5.56 Å². The van der Waals surface area contributed by atoms with Gasteiger partial charge >= 0.3 is 0 Å². The Bertz CT molecular complexity index is 1280. The van der Waals surface area contributed by atoms with Crippen LogP contribution in [0.25, 0.3) is 0 Å². The fraction of sp³-hybridized carbons (Fsp3) is 0.860. The molecule has 1 aromatic carbocycles. The smallest absolute Gasteiger partial charge is 0.132 e. The Kier molecular flexibility index (Phi) is 5.67. The number of ether oxygens (including phenoxy) is 2. The molecule has 1 saturated heterocycles. The number of hydrogen-bond donors (Lipinski definition) is 0. The number of epoxide rings is 1. The molecule has 13 aliphatic rings. The minimum absolute atomic E-state index is 0.0648. The van der Waals surface area contributed by atoms with Gasteiger partial charge < -0.3 is 9.47 Å². The molecule has 1 aliphatic heterocycles. The minimum Gasteiger partial charge on any atom is -0.486 e. The highest BCUT2D eigenvalue weighted by Gasteiger charge is 2.60. The van der Waals surface area contributed by atoms with Crippen molar-refractivity contribution >= 4 is 0 Å². The van der Waals surface area contributed by atoms with Gasteiger partial charge in [-0.25, -0.2) is 0 Å². The molecule has 0 aromatic heterocycles. The lowest BCUT2D eigenvalue weighted by Crippen LogP contribution is -2.53. The zero-order chi connectivity index (χ0) is 29.9. The van der Waals surface area contributed by atoms with Crippen molar-refractivity contribution in [2.75, 3.05) is 6.61 Å². The van der Waals surface area contributed by atoms with Gasteiger partial charge in [0, 0.05) is 22.0 Å². The molecule has 0 amide bonds. The summed E-state index contributed by atoms with van der Waals surface area (Å²) in [4.78, 5) is 0. The van der Waals surface area contributed by atoms with Gasteiger partial charge in [-0.15, -0.1) is 0 Å². The fourth-order valence-electron chi connectivity index (χ4n) is 16.6. The zero-order valence-electron chi connectivity index (χ0n) is 28.8. The molecule has 2 unspecified atom stereocenters. The van der Waals surface area contributed by atoms with Gasteiger partial charge in [-0.2, -0.15) is 0 Å². The molecule has 14 rings (SSSR count). The number of hydrogen-bond acceptors (Lipinski definition) is 2. The fourth-order valence-corrected chi connectivity index (χ4v) is 16.6. The van der Waals surface area contributed by atoms with Crippen molar-refractivity contribution < 1.29 is 9.47 Å². The summed E-state index contributed by atoms with van der Waals surface area (Å²) in [7, 11) is 0. The summed E-state index contributed by atoms with van der Waals surface area (Å²) in [6, 6.07) is 5.59. The maximum atomic E-state index is 7.92. The van der Waals surface area contributed by atoms with Gasteiger partial charge in [0.05, 0.1) is 6.61 Å². The summed E-state index contributed by atoms with van der Waals surface area (Å²) in [6.45, 7) is 8.17. The molecular weight excluding hydrogens is 548 g/mol. The predicted molar refractivity (Wildman–Crippen MR) is 180 cm³/mol. The third-order valence-corrected chi connectivity index (χ3v) is 16.7. The largest absolute Gasteiger partial charge is 0.486 e. The normalized spacial score (nSPS) is 52.1. The van der Waals surface area contributed by atoms with Crippen LogP contribution in [-0.2, 0) is 21.0 Å². The number of benzene rings is 1. The van der Waals surface area contributed by atoms with E-state index in [2.05, 4.69) is 32.9 Å². The van der Waals surface area contributed by atoms with Crippen LogP contribution >= 0.6 is 0 Å². The van der Waals surface area contributed by atoms with Crippen molar-refractivity contribution in [1.82, 2.24) is 0 Å². The molecule has 12 saturated carbocycles. The SMILES string of the molecule is CC(C)(C)C(Oc1c(C23CC4CC(CC(C4)C2)C3)ccc(C23CC4CC(CC(C4)C2)C3)c1C12CC3CC(CC(C3)C1)C2)C1CO1. The van der Waals surface area contributed by atoms with E-state index in [-0.39, 0.29) is 17.6 Å². The molecule has 0 spiro atoms. The van der Waals surface area contributed by atoms with Crippen LogP contribution in [0, 0.1) is 58.7 Å². The second-order valence-corrected chi connectivity index (χ2v) is 21.2. The van der Waals surface area contributed by atoms with Gasteiger partial charge in [-0.3, -0.25) is 0 Å². The highest BCUT2D eigenvalue weighted by molar-refractivity contribution is 5.58. The lowest BCUT2D eigenvalue weighted by atomic mass is 9.43. The highest BCUT2D eigenvalue weighted by atomic mass is 16.6. The van der Waals surface area contributed by atoms with E-state index in [4.69, 9.17) is 9.47 Å². The van der Waals surface area contributed by atoms with Crippen LogP contribution < -0.4 is 4.74 Å². The lowest BCUT2D eigenvalue weighted by Gasteiger charge is -2.62. The maximum Gasteiger partial charge on any atom is 0.132 e. The van der Waals surface area contributed by atoms with E-state index in [0.717, 1.165) is 59.9 Å². The van der Waals surface area contributed by atoms with Crippen molar-refractivity contribution in [2.24, 2.45) is 58.7 Å². The molecule has 0 N–H and O–H groups in total. The third kappa shape index (κ3) is 4.14. The summed E-state index contributed by atoms with van der Waals surface area (Å²) in [5.41, 5.74) is 6.58. The molecule has 244 valence electrons. The first-order chi connectivity index (χ1) is 21.6. The van der Waals surface area contributed by atoms with Crippen LogP contribution in [0.5, 0.6) is 5.75 Å². The van der Waals surface area contributed by atoms with Gasteiger partial charge in [-0.1, -0.05) is 32.9 Å². The van der Waals surface area contributed by atoms with Crippen molar-refractivity contribution in [2.45, 2.75) is 165 Å². The van der Waals surface area contributed by atoms with Crippen LogP contribution in [0.15, 0.2) is 12.1 Å². The monoisotopic (exact) mass is 608 g/mol. The second kappa shape index (κ2) is 9.15. The van der Waals surface area contributed by atoms with Gasteiger partial charge in [0.1, 0.15) is 18.0 Å². The number of rotatable bonds is 6. The average Bonchev–Trinajstić information content (AvgIpc) is 3.78. The molecule has 0 radical (unpaired) electrons. The second-order valence-electron chi connectivity index (χ2n) is 21.2. The molecular formula is C43H60O2. The van der Waals surface area contributed by atoms with E-state index in [9.17, 15) is 0 Å². The maximum absolute atomic E-state index is 7.92. The Labute approximate surface area is 273 Å². The van der Waals surface area contributed by atoms with Crippen molar-refractivity contribution in [3.8, 4) is 5.75 Å². The highest BCUT2D eigenvalue weighted by Crippen LogP contribution is 2.69. The van der Waals surface area contributed by atoms with Crippen LogP contribution in [0.4, 0.5) is 0 Å². The summed E-state index contributed by atoms with van der Waals surface area (Å²) in [5.74, 6) is 10.2. The Morgan fingerprint density at radius 1 is 0.556 bits per heavy atom. The molecule has 2 atom stereocenters. The molecule has 45 heavy (non-hydrogen) atoms. The average molecular weight is 609 g/mol. The topological polar surface area (TPSA) is 21.8 Å². The first-order valence-corrected chi connectivity index (χ1v) is 20.1. The first-order valence-electron chi connectivity index (χ1n) is 20.1. The van der Waals surface area contributed by atoms with E-state index >= 15 is 0 Å². The van der Waals surface area contributed by atoms with Crippen LogP contribution in [0.1, 0.15) is 153 Å². The summed E-state index contributed by atoms with van der Waals surface area (Å²) in [6.07, 6.45) is 27.2. The summed E-state index contributed by atoms with van der Waals surface area (Å²) < 4.78 is 14.1. The molecule has 12 aliphatic carbocycles. The Morgan fingerprint density at radius 2 is 0.889 bits per heavy atom. The van der Waals surface area contributed by atoms with E-state index in [1.807, 2.05) is 11.1 Å². The molecule has 2 nitrogen and oxygen atoms in total. The van der Waals surface area contributed by atoms with Crippen LogP contribution in [0.2, 0.25) is 0 Å². The summed E-state index contributed by atoms with van der Waals surface area (Å²) in [5, 5.41) is 0. The van der Waals surface area contributed by atoms with Crippen LogP contribution in [-0.4, -0.2) is 18.8 Å². The molecule has 2 heteroatoms. The van der Waals surface area contributed by atoms with Gasteiger partial charge in [0.25, 0.3) is 0 Å². The molecule has 1 heterocycles. The Balaban J connectivity index is 1.16. The Morgan fingerprint density at radius 3 is 1.24 bits per heavy atom. The Hall–Kier alpha value is -1.02. The zero-order valence-corrected chi connectivity index (χ0v) is 28.8. The predicted octanol–water partition coefficient (Wildman–Crippen LogP) is 10.3. The quantitative estimate of drug-likeness (QED) is 0.300. The molecule has 12 bridgehead atoms. The summed E-state index contributed by atoms with van der Waals surface area (Å²) >= 11 is 0. The molecule has 13 fully saturated rings. The first kappa shape index (κ1) is 27.9. The van der Waals surface area contributed by atoms with Gasteiger partial charge in [0.15, 0.2) is 0 Å². The lowest BCUT2D eigenvalue weighted by molar-refractivity contribution is -0.0231. The van der Waals surface area contributed by atoms with Crippen LogP contribution in [0.3, 0.4) is 0 Å². The molecule has 1 aromatic rings. The van der Waals surface area contributed by atoms with Crippen molar-refractivity contribution in [1.29, 1.82) is 0 Å². The van der Waals surface area contributed by atoms with Crippen molar-refractivity contribution in [3.05, 3.63) is 28.8 Å². The van der Waals surface area contributed by atoms with Crippen molar-refractivity contribution in [3.63, 3.8) is 0 Å².